The van der Waals surface area contributed by atoms with Gasteiger partial charge in [0, 0.05) is 19.6 Å². The molecule has 3 saturated heterocycles. The molecule has 0 aliphatic carbocycles. The van der Waals surface area contributed by atoms with Crippen LogP contribution < -0.4 is 5.32 Å². The van der Waals surface area contributed by atoms with Crippen LogP contribution in [0.3, 0.4) is 0 Å². The fourth-order valence-electron chi connectivity index (χ4n) is 5.15. The first kappa shape index (κ1) is 18.4. The van der Waals surface area contributed by atoms with Gasteiger partial charge in [0.2, 0.25) is 17.7 Å². The smallest absolute Gasteiger partial charge is 0.239 e. The van der Waals surface area contributed by atoms with Crippen molar-refractivity contribution < 1.29 is 19.1 Å². The Hall–Kier alpha value is -2.67. The van der Waals surface area contributed by atoms with Crippen LogP contribution in [-0.2, 0) is 25.7 Å². The first-order valence-electron chi connectivity index (χ1n) is 10.2. The van der Waals surface area contributed by atoms with Crippen molar-refractivity contribution >= 4 is 17.7 Å². The number of aryl methyl sites for hydroxylation is 2. The molecule has 4 heterocycles. The van der Waals surface area contributed by atoms with Gasteiger partial charge in [-0.3, -0.25) is 14.4 Å². The first-order valence-corrected chi connectivity index (χ1v) is 10.2. The van der Waals surface area contributed by atoms with Crippen LogP contribution in [0.5, 0.6) is 0 Å². The summed E-state index contributed by atoms with van der Waals surface area (Å²) in [5, 5.41) is 2.73. The van der Waals surface area contributed by atoms with E-state index in [0.717, 1.165) is 5.56 Å². The Kier molecular flexibility index (Phi) is 4.07. The largest absolute Gasteiger partial charge is 0.360 e. The predicted molar refractivity (Wildman–Crippen MR) is 105 cm³/mol. The van der Waals surface area contributed by atoms with Crippen LogP contribution >= 0.6 is 0 Å². The lowest BCUT2D eigenvalue weighted by atomic mass is 9.76. The second kappa shape index (κ2) is 6.42. The van der Waals surface area contributed by atoms with Crippen LogP contribution in [-0.4, -0.2) is 65.4 Å². The highest BCUT2D eigenvalue weighted by Gasteiger charge is 2.67. The molecule has 7 nitrogen and oxygen atoms in total. The van der Waals surface area contributed by atoms with Gasteiger partial charge in [-0.15, -0.1) is 0 Å². The van der Waals surface area contributed by atoms with E-state index >= 15 is 0 Å². The normalized spacial score (nSPS) is 32.7. The van der Waals surface area contributed by atoms with Gasteiger partial charge in [0.1, 0.15) is 5.60 Å². The van der Waals surface area contributed by atoms with Gasteiger partial charge in [-0.1, -0.05) is 30.4 Å². The minimum atomic E-state index is -0.722. The van der Waals surface area contributed by atoms with Crippen molar-refractivity contribution in [2.24, 2.45) is 11.8 Å². The average Bonchev–Trinajstić information content (AvgIpc) is 3.33. The molecule has 1 aromatic carbocycles. The number of amides is 3. The Morgan fingerprint density at radius 2 is 2.10 bits per heavy atom. The maximum Gasteiger partial charge on any atom is 0.239 e. The third kappa shape index (κ3) is 2.79. The van der Waals surface area contributed by atoms with E-state index in [1.165, 1.54) is 11.1 Å². The van der Waals surface area contributed by atoms with Crippen LogP contribution in [0.2, 0.25) is 0 Å². The summed E-state index contributed by atoms with van der Waals surface area (Å²) in [7, 11) is 0. The molecule has 152 valence electrons. The van der Waals surface area contributed by atoms with Crippen molar-refractivity contribution in [2.75, 3.05) is 26.2 Å². The molecule has 3 fully saturated rings. The first-order chi connectivity index (χ1) is 13.9. The van der Waals surface area contributed by atoms with Crippen LogP contribution in [0.15, 0.2) is 30.4 Å². The Bertz CT molecular complexity index is 942. The molecule has 0 radical (unpaired) electrons. The monoisotopic (exact) mass is 395 g/mol. The summed E-state index contributed by atoms with van der Waals surface area (Å²) in [6.07, 6.45) is 3.49. The van der Waals surface area contributed by atoms with E-state index in [2.05, 4.69) is 31.3 Å². The fraction of sp³-hybridized carbons (Fsp3) is 0.500. The van der Waals surface area contributed by atoms with E-state index in [9.17, 15) is 14.4 Å². The topological polar surface area (TPSA) is 79.0 Å². The summed E-state index contributed by atoms with van der Waals surface area (Å²) < 4.78 is 6.19. The molecule has 2 bridgehead atoms. The van der Waals surface area contributed by atoms with Crippen molar-refractivity contribution in [1.29, 1.82) is 0 Å². The Morgan fingerprint density at radius 1 is 1.28 bits per heavy atom. The van der Waals surface area contributed by atoms with Gasteiger partial charge >= 0.3 is 0 Å². The number of hydrogen-bond donors (Lipinski definition) is 1. The van der Waals surface area contributed by atoms with Gasteiger partial charge in [-0.05, 0) is 30.5 Å². The number of rotatable bonds is 3. The summed E-state index contributed by atoms with van der Waals surface area (Å²) in [6.45, 7) is 6.06. The number of likely N-dealkylation sites (tertiary alicyclic amines) is 1. The number of benzene rings is 1. The van der Waals surface area contributed by atoms with Crippen LogP contribution in [0, 0.1) is 25.7 Å². The Morgan fingerprint density at radius 3 is 2.86 bits per heavy atom. The highest BCUT2D eigenvalue weighted by Crippen LogP contribution is 2.52. The second-order valence-electron chi connectivity index (χ2n) is 8.62. The quantitative estimate of drug-likeness (QED) is 0.758. The molecule has 1 aromatic rings. The standard InChI is InChI=1S/C22H25N3O4/c1-13-3-4-15(9-14(13)2)10-25-12-22-6-5-16(29-22)18(19(22)21(25)28)20(27)24-8-7-23-17(26)11-24/h3-6,9,16,18-19H,7-8,10-12H2,1-2H3,(H,23,26)/t16-,18-,19-,22-/m0/s1. The van der Waals surface area contributed by atoms with E-state index in [1.54, 1.807) is 4.90 Å². The van der Waals surface area contributed by atoms with Crippen molar-refractivity contribution in [3.05, 3.63) is 47.0 Å². The zero-order chi connectivity index (χ0) is 20.3. The number of ether oxygens (including phenoxy) is 1. The SMILES string of the molecule is Cc1ccc(CN2C[C@]34C=C[C@H](O3)[C@H](C(=O)N3CCNC(=O)C3)[C@H]4C2=O)cc1C. The van der Waals surface area contributed by atoms with Gasteiger partial charge in [0.05, 0.1) is 31.0 Å². The van der Waals surface area contributed by atoms with Gasteiger partial charge in [0.15, 0.2) is 0 Å². The highest BCUT2D eigenvalue weighted by atomic mass is 16.5. The number of nitrogens with zero attached hydrogens (tertiary/aromatic N) is 2. The minimum Gasteiger partial charge on any atom is -0.360 e. The summed E-state index contributed by atoms with van der Waals surface area (Å²) in [5.41, 5.74) is 2.77. The number of nitrogens with one attached hydrogen (secondary N) is 1. The lowest BCUT2D eigenvalue weighted by Crippen LogP contribution is -2.54. The summed E-state index contributed by atoms with van der Waals surface area (Å²) in [4.78, 5) is 41.7. The van der Waals surface area contributed by atoms with Gasteiger partial charge in [0.25, 0.3) is 0 Å². The highest BCUT2D eigenvalue weighted by molar-refractivity contribution is 5.94. The summed E-state index contributed by atoms with van der Waals surface area (Å²) >= 11 is 0. The molecular formula is C22H25N3O4. The van der Waals surface area contributed by atoms with Gasteiger partial charge in [-0.25, -0.2) is 0 Å². The van der Waals surface area contributed by atoms with E-state index in [1.807, 2.05) is 23.1 Å². The fourth-order valence-corrected chi connectivity index (χ4v) is 5.15. The van der Waals surface area contributed by atoms with Crippen LogP contribution in [0.1, 0.15) is 16.7 Å². The molecule has 1 N–H and O–H groups in total. The van der Waals surface area contributed by atoms with E-state index < -0.39 is 17.4 Å². The Balaban J connectivity index is 1.39. The number of fused-ring (bicyclic) bond motifs is 1. The number of carbonyl (C=O) groups excluding carboxylic acids is 3. The number of piperazine rings is 1. The maximum atomic E-state index is 13.4. The maximum absolute atomic E-state index is 13.4. The van der Waals surface area contributed by atoms with Crippen molar-refractivity contribution in [1.82, 2.24) is 15.1 Å². The molecule has 0 aromatic heterocycles. The predicted octanol–water partition coefficient (Wildman–Crippen LogP) is 0.544. The van der Waals surface area contributed by atoms with Crippen molar-refractivity contribution in [2.45, 2.75) is 32.1 Å². The van der Waals surface area contributed by atoms with Gasteiger partial charge < -0.3 is 19.9 Å². The van der Waals surface area contributed by atoms with Crippen molar-refractivity contribution in [3.63, 3.8) is 0 Å². The lowest BCUT2D eigenvalue weighted by molar-refractivity contribution is -0.146. The molecule has 4 atom stereocenters. The zero-order valence-electron chi connectivity index (χ0n) is 16.7. The minimum absolute atomic E-state index is 0.0325. The van der Waals surface area contributed by atoms with Crippen LogP contribution in [0.25, 0.3) is 0 Å². The summed E-state index contributed by atoms with van der Waals surface area (Å²) in [5.74, 6) is -1.41. The van der Waals surface area contributed by atoms with Crippen LogP contribution in [0.4, 0.5) is 0 Å². The molecule has 5 rings (SSSR count). The molecule has 1 spiro atoms. The molecule has 29 heavy (non-hydrogen) atoms. The third-order valence-electron chi connectivity index (χ3n) is 6.76. The molecule has 4 aliphatic heterocycles. The van der Waals surface area contributed by atoms with Crippen molar-refractivity contribution in [3.8, 4) is 0 Å². The Labute approximate surface area is 169 Å². The molecule has 7 heteroatoms. The molecule has 0 saturated carbocycles. The lowest BCUT2D eigenvalue weighted by Gasteiger charge is -2.32. The second-order valence-corrected chi connectivity index (χ2v) is 8.62. The summed E-state index contributed by atoms with van der Waals surface area (Å²) in [6, 6.07) is 6.22. The zero-order valence-corrected chi connectivity index (χ0v) is 16.7. The molecule has 4 aliphatic rings. The van der Waals surface area contributed by atoms with E-state index in [-0.39, 0.29) is 30.4 Å². The molecule has 3 amide bonds. The van der Waals surface area contributed by atoms with Gasteiger partial charge in [-0.2, -0.15) is 0 Å². The third-order valence-corrected chi connectivity index (χ3v) is 6.76. The van der Waals surface area contributed by atoms with E-state index in [4.69, 9.17) is 4.74 Å². The molecule has 0 unspecified atom stereocenters. The van der Waals surface area contributed by atoms with E-state index in [0.29, 0.717) is 26.2 Å². The number of hydrogen-bond acceptors (Lipinski definition) is 4. The average molecular weight is 395 g/mol. The molecular weight excluding hydrogens is 370 g/mol. The number of carbonyl (C=O) groups is 3.